The number of carbonyl (C=O) groups excluding carboxylic acids is 1. The lowest BCUT2D eigenvalue weighted by atomic mass is 10.2. The highest BCUT2D eigenvalue weighted by Crippen LogP contribution is 2.17. The number of hydrogen-bond acceptors (Lipinski definition) is 4. The lowest BCUT2D eigenvalue weighted by Gasteiger charge is -2.23. The Morgan fingerprint density at radius 2 is 2.36 bits per heavy atom. The summed E-state index contributed by atoms with van der Waals surface area (Å²) in [6.07, 6.45) is 0.661. The summed E-state index contributed by atoms with van der Waals surface area (Å²) in [4.78, 5) is 12.9. The van der Waals surface area contributed by atoms with Crippen LogP contribution in [-0.2, 0) is 19.3 Å². The van der Waals surface area contributed by atoms with E-state index in [9.17, 15) is 9.00 Å². The zero-order valence-corrected chi connectivity index (χ0v) is 9.30. The van der Waals surface area contributed by atoms with Crippen molar-refractivity contribution in [2.24, 2.45) is 0 Å². The Labute approximate surface area is 84.4 Å². The topological polar surface area (TPSA) is 70.5 Å². The summed E-state index contributed by atoms with van der Waals surface area (Å²) in [6.45, 7) is 0.0478. The van der Waals surface area contributed by atoms with Crippen LogP contribution in [0.4, 0.5) is 0 Å². The van der Waals surface area contributed by atoms with Crippen molar-refractivity contribution in [3.05, 3.63) is 0 Å². The van der Waals surface area contributed by atoms with Crippen LogP contribution in [0.15, 0.2) is 0 Å². The van der Waals surface area contributed by atoms with E-state index in [4.69, 9.17) is 9.52 Å². The predicted octanol–water partition coefficient (Wildman–Crippen LogP) is -0.0897. The molecule has 1 aliphatic heterocycles. The van der Waals surface area contributed by atoms with Gasteiger partial charge in [-0.05, 0) is 6.42 Å². The van der Waals surface area contributed by atoms with Gasteiger partial charge in [-0.1, -0.05) is 0 Å². The number of carbonyl (C=O) groups is 1. The molecule has 0 aromatic heterocycles. The first-order chi connectivity index (χ1) is 6.46. The van der Waals surface area contributed by atoms with E-state index in [1.807, 2.05) is 0 Å². The van der Waals surface area contributed by atoms with E-state index in [1.165, 1.54) is 7.11 Å². The fourth-order valence-corrected chi connectivity index (χ4v) is 3.37. The molecule has 0 bridgehead atoms. The molecule has 1 heterocycles. The number of rotatable bonds is 3. The van der Waals surface area contributed by atoms with Crippen LogP contribution in [0.3, 0.4) is 0 Å². The maximum atomic E-state index is 11.4. The zero-order chi connectivity index (χ0) is 10.8. The lowest BCUT2D eigenvalue weighted by Crippen LogP contribution is -2.39. The summed E-state index contributed by atoms with van der Waals surface area (Å²) in [5, 5.41) is 0. The molecule has 1 N–H and O–H groups in total. The van der Waals surface area contributed by atoms with Crippen molar-refractivity contribution >= 4 is 15.6 Å². The summed E-state index contributed by atoms with van der Waals surface area (Å²) < 4.78 is 23.5. The normalized spacial score (nSPS) is 31.7. The largest absolute Gasteiger partial charge is 0.375 e. The van der Waals surface area contributed by atoms with Gasteiger partial charge >= 0.3 is 0 Å². The molecule has 2 atom stereocenters. The molecule has 5 nitrogen and oxygen atoms in total. The molecule has 0 radical (unpaired) electrons. The zero-order valence-electron chi connectivity index (χ0n) is 8.49. The van der Waals surface area contributed by atoms with Crippen molar-refractivity contribution in [1.82, 2.24) is 4.90 Å². The van der Waals surface area contributed by atoms with Gasteiger partial charge in [0.25, 0.3) is 0 Å². The average molecular weight is 220 g/mol. The van der Waals surface area contributed by atoms with Crippen LogP contribution in [0.1, 0.15) is 6.42 Å². The first-order valence-corrected chi connectivity index (χ1v) is 6.34. The van der Waals surface area contributed by atoms with Crippen LogP contribution in [0.25, 0.3) is 0 Å². The maximum absolute atomic E-state index is 11.4. The van der Waals surface area contributed by atoms with Crippen molar-refractivity contribution < 1.29 is 13.7 Å². The predicted molar refractivity (Wildman–Crippen MR) is 53.6 cm³/mol. The highest BCUT2D eigenvalue weighted by Gasteiger charge is 2.30. The Hall–Kier alpha value is -0.620. The van der Waals surface area contributed by atoms with Gasteiger partial charge in [0.15, 0.2) is 0 Å². The molecular formula is C8H16N2O3S. The SMILES string of the molecule is COCC(=O)N(C)C1CCS(=N)(=O)C1. The second-order valence-corrected chi connectivity index (χ2v) is 5.93. The van der Waals surface area contributed by atoms with Gasteiger partial charge in [0, 0.05) is 35.7 Å². The van der Waals surface area contributed by atoms with Crippen molar-refractivity contribution in [2.75, 3.05) is 32.3 Å². The van der Waals surface area contributed by atoms with Crippen molar-refractivity contribution in [3.63, 3.8) is 0 Å². The monoisotopic (exact) mass is 220 g/mol. The van der Waals surface area contributed by atoms with Crippen molar-refractivity contribution in [3.8, 4) is 0 Å². The molecule has 0 aliphatic carbocycles. The van der Waals surface area contributed by atoms with Crippen LogP contribution in [-0.4, -0.2) is 53.3 Å². The molecule has 1 amide bonds. The van der Waals surface area contributed by atoms with E-state index >= 15 is 0 Å². The third-order valence-electron chi connectivity index (χ3n) is 2.45. The molecule has 6 heteroatoms. The molecule has 2 unspecified atom stereocenters. The second-order valence-electron chi connectivity index (χ2n) is 3.56. The van der Waals surface area contributed by atoms with E-state index in [0.29, 0.717) is 17.9 Å². The average Bonchev–Trinajstić information content (AvgIpc) is 2.45. The minimum Gasteiger partial charge on any atom is -0.375 e. The van der Waals surface area contributed by atoms with Crippen LogP contribution < -0.4 is 0 Å². The molecule has 1 aliphatic rings. The number of nitrogens with one attached hydrogen (secondary N) is 1. The summed E-state index contributed by atoms with van der Waals surface area (Å²) in [5.41, 5.74) is 0. The van der Waals surface area contributed by atoms with Crippen LogP contribution in [0.2, 0.25) is 0 Å². The van der Waals surface area contributed by atoms with Crippen molar-refractivity contribution in [2.45, 2.75) is 12.5 Å². The fraction of sp³-hybridized carbons (Fsp3) is 0.875. The molecule has 1 rings (SSSR count). The molecular weight excluding hydrogens is 204 g/mol. The molecule has 1 fully saturated rings. The Balaban J connectivity index is 2.55. The molecule has 14 heavy (non-hydrogen) atoms. The molecule has 0 saturated carbocycles. The lowest BCUT2D eigenvalue weighted by molar-refractivity contribution is -0.135. The minimum atomic E-state index is -2.42. The van der Waals surface area contributed by atoms with Gasteiger partial charge in [-0.3, -0.25) is 9.57 Å². The van der Waals surface area contributed by atoms with Crippen LogP contribution >= 0.6 is 0 Å². The van der Waals surface area contributed by atoms with Crippen LogP contribution in [0, 0.1) is 4.78 Å². The standard InChI is InChI=1S/C8H16N2O3S/c1-10(8(11)5-13-2)7-3-4-14(9,12)6-7/h7,9H,3-6H2,1-2H3. The van der Waals surface area contributed by atoms with E-state index in [-0.39, 0.29) is 18.6 Å². The van der Waals surface area contributed by atoms with Gasteiger partial charge < -0.3 is 9.64 Å². The Morgan fingerprint density at radius 3 is 2.79 bits per heavy atom. The minimum absolute atomic E-state index is 0.0478. The van der Waals surface area contributed by atoms with E-state index in [1.54, 1.807) is 11.9 Å². The number of amides is 1. The molecule has 1 saturated heterocycles. The van der Waals surface area contributed by atoms with E-state index in [0.717, 1.165) is 0 Å². The number of likely N-dealkylation sites (N-methyl/N-ethyl adjacent to an activating group) is 1. The molecule has 0 aromatic rings. The number of nitrogens with zero attached hydrogens (tertiary/aromatic N) is 1. The first kappa shape index (κ1) is 11.5. The number of hydrogen-bond donors (Lipinski definition) is 1. The molecule has 0 spiro atoms. The Morgan fingerprint density at radius 1 is 1.71 bits per heavy atom. The van der Waals surface area contributed by atoms with E-state index < -0.39 is 9.73 Å². The summed E-state index contributed by atoms with van der Waals surface area (Å²) in [6, 6.07) is -0.0531. The molecule has 82 valence electrons. The third kappa shape index (κ3) is 2.68. The van der Waals surface area contributed by atoms with Gasteiger partial charge in [-0.2, -0.15) is 0 Å². The summed E-state index contributed by atoms with van der Waals surface area (Å²) in [5.74, 6) is 0.593. The van der Waals surface area contributed by atoms with Gasteiger partial charge in [-0.15, -0.1) is 0 Å². The summed E-state index contributed by atoms with van der Waals surface area (Å²) in [7, 11) is 0.716. The second kappa shape index (κ2) is 4.27. The van der Waals surface area contributed by atoms with Gasteiger partial charge in [0.05, 0.1) is 5.75 Å². The van der Waals surface area contributed by atoms with Crippen LogP contribution in [0.5, 0.6) is 0 Å². The fourth-order valence-electron chi connectivity index (χ4n) is 1.54. The maximum Gasteiger partial charge on any atom is 0.248 e. The summed E-state index contributed by atoms with van der Waals surface area (Å²) >= 11 is 0. The number of ether oxygens (including phenoxy) is 1. The third-order valence-corrected chi connectivity index (χ3v) is 4.27. The van der Waals surface area contributed by atoms with Crippen molar-refractivity contribution in [1.29, 1.82) is 4.78 Å². The highest BCUT2D eigenvalue weighted by molar-refractivity contribution is 7.92. The highest BCUT2D eigenvalue weighted by atomic mass is 32.2. The molecule has 0 aromatic carbocycles. The Kier molecular flexibility index (Phi) is 3.49. The quantitative estimate of drug-likeness (QED) is 0.722. The van der Waals surface area contributed by atoms with Gasteiger partial charge in [-0.25, -0.2) is 4.21 Å². The number of methoxy groups -OCH3 is 1. The van der Waals surface area contributed by atoms with E-state index in [2.05, 4.69) is 0 Å². The first-order valence-electron chi connectivity index (χ1n) is 4.45. The Bertz CT molecular complexity index is 313. The van der Waals surface area contributed by atoms with Gasteiger partial charge in [0.1, 0.15) is 6.61 Å². The smallest absolute Gasteiger partial charge is 0.248 e. The van der Waals surface area contributed by atoms with Gasteiger partial charge in [0.2, 0.25) is 5.91 Å².